The molecular formula is C15H29N3O. The molecule has 0 amide bonds. The van der Waals surface area contributed by atoms with Crippen LogP contribution in [0.4, 0.5) is 0 Å². The van der Waals surface area contributed by atoms with Crippen LogP contribution in [0.1, 0.15) is 45.4 Å². The van der Waals surface area contributed by atoms with Gasteiger partial charge >= 0.3 is 0 Å². The summed E-state index contributed by atoms with van der Waals surface area (Å²) in [5, 5.41) is 7.94. The van der Waals surface area contributed by atoms with E-state index in [-0.39, 0.29) is 0 Å². The molecule has 0 saturated heterocycles. The minimum atomic E-state index is 0.502. The summed E-state index contributed by atoms with van der Waals surface area (Å²) in [5.74, 6) is 0.709. The van der Waals surface area contributed by atoms with E-state index in [1.54, 1.807) is 0 Å². The summed E-state index contributed by atoms with van der Waals surface area (Å²) < 4.78 is 7.61. The first kappa shape index (κ1) is 16.2. The van der Waals surface area contributed by atoms with Gasteiger partial charge in [-0.15, -0.1) is 0 Å². The van der Waals surface area contributed by atoms with Gasteiger partial charge in [0.05, 0.1) is 18.8 Å². The summed E-state index contributed by atoms with van der Waals surface area (Å²) in [6.45, 7) is 14.1. The molecule has 1 aromatic rings. The van der Waals surface area contributed by atoms with E-state index in [1.165, 1.54) is 5.56 Å². The number of hydrogen-bond acceptors (Lipinski definition) is 3. The maximum atomic E-state index is 5.62. The van der Waals surface area contributed by atoms with Crippen LogP contribution in [0, 0.1) is 12.8 Å². The summed E-state index contributed by atoms with van der Waals surface area (Å²) >= 11 is 0. The lowest BCUT2D eigenvalue weighted by Crippen LogP contribution is -2.21. The van der Waals surface area contributed by atoms with Gasteiger partial charge in [-0.2, -0.15) is 5.10 Å². The average molecular weight is 267 g/mol. The molecule has 1 rings (SSSR count). The molecular weight excluding hydrogens is 238 g/mol. The van der Waals surface area contributed by atoms with Gasteiger partial charge in [0, 0.05) is 31.0 Å². The first-order chi connectivity index (χ1) is 8.99. The second kappa shape index (κ2) is 8.33. The summed E-state index contributed by atoms with van der Waals surface area (Å²) in [7, 11) is 0. The SMILES string of the molecule is Cc1nn(CCOCCC(C)C)cc1CNC(C)C. The largest absolute Gasteiger partial charge is 0.380 e. The number of ether oxygens (including phenoxy) is 1. The maximum Gasteiger partial charge on any atom is 0.0662 e. The molecule has 19 heavy (non-hydrogen) atoms. The van der Waals surface area contributed by atoms with Crippen LogP contribution in [0.25, 0.3) is 0 Å². The average Bonchev–Trinajstić information content (AvgIpc) is 2.66. The van der Waals surface area contributed by atoms with Gasteiger partial charge in [0.15, 0.2) is 0 Å². The molecule has 0 unspecified atom stereocenters. The Balaban J connectivity index is 2.29. The zero-order valence-electron chi connectivity index (χ0n) is 13.1. The van der Waals surface area contributed by atoms with Crippen molar-refractivity contribution in [3.05, 3.63) is 17.5 Å². The Labute approximate surface area is 117 Å². The van der Waals surface area contributed by atoms with E-state index in [0.717, 1.165) is 38.4 Å². The molecule has 1 heterocycles. The molecule has 0 aliphatic carbocycles. The monoisotopic (exact) mass is 267 g/mol. The Morgan fingerprint density at radius 2 is 2.00 bits per heavy atom. The quantitative estimate of drug-likeness (QED) is 0.699. The van der Waals surface area contributed by atoms with E-state index < -0.39 is 0 Å². The third-order valence-electron chi connectivity index (χ3n) is 3.05. The van der Waals surface area contributed by atoms with Gasteiger partial charge in [-0.3, -0.25) is 4.68 Å². The molecule has 4 heteroatoms. The van der Waals surface area contributed by atoms with Crippen LogP contribution >= 0.6 is 0 Å². The van der Waals surface area contributed by atoms with Crippen molar-refractivity contribution in [1.82, 2.24) is 15.1 Å². The van der Waals surface area contributed by atoms with Gasteiger partial charge in [0.25, 0.3) is 0 Å². The minimum Gasteiger partial charge on any atom is -0.380 e. The van der Waals surface area contributed by atoms with Crippen molar-refractivity contribution < 1.29 is 4.74 Å². The second-order valence-electron chi connectivity index (χ2n) is 5.83. The molecule has 4 nitrogen and oxygen atoms in total. The first-order valence-corrected chi connectivity index (χ1v) is 7.33. The van der Waals surface area contributed by atoms with Crippen LogP contribution in [-0.2, 0) is 17.8 Å². The molecule has 1 N–H and O–H groups in total. The van der Waals surface area contributed by atoms with Crippen molar-refractivity contribution in [2.45, 2.75) is 60.2 Å². The van der Waals surface area contributed by atoms with Crippen molar-refractivity contribution in [3.8, 4) is 0 Å². The molecule has 110 valence electrons. The second-order valence-corrected chi connectivity index (χ2v) is 5.83. The highest BCUT2D eigenvalue weighted by atomic mass is 16.5. The topological polar surface area (TPSA) is 39.1 Å². The predicted molar refractivity (Wildman–Crippen MR) is 79.2 cm³/mol. The van der Waals surface area contributed by atoms with Crippen LogP contribution in [0.2, 0.25) is 0 Å². The van der Waals surface area contributed by atoms with E-state index in [2.05, 4.69) is 51.2 Å². The smallest absolute Gasteiger partial charge is 0.0662 e. The van der Waals surface area contributed by atoms with Gasteiger partial charge in [-0.25, -0.2) is 0 Å². The lowest BCUT2D eigenvalue weighted by Gasteiger charge is -2.07. The molecule has 0 radical (unpaired) electrons. The lowest BCUT2D eigenvalue weighted by molar-refractivity contribution is 0.114. The number of nitrogens with one attached hydrogen (secondary N) is 1. The Morgan fingerprint density at radius 1 is 1.26 bits per heavy atom. The normalized spacial score (nSPS) is 11.7. The standard InChI is InChI=1S/C15H29N3O/c1-12(2)6-8-19-9-7-18-11-15(14(5)17-18)10-16-13(3)4/h11-13,16H,6-10H2,1-5H3. The fourth-order valence-corrected chi connectivity index (χ4v) is 1.74. The van der Waals surface area contributed by atoms with Crippen molar-refractivity contribution in [3.63, 3.8) is 0 Å². The molecule has 0 bridgehead atoms. The predicted octanol–water partition coefficient (Wildman–Crippen LogP) is 2.75. The number of aryl methyl sites for hydroxylation is 1. The van der Waals surface area contributed by atoms with Crippen LogP contribution < -0.4 is 5.32 Å². The number of nitrogens with zero attached hydrogens (tertiary/aromatic N) is 2. The maximum absolute atomic E-state index is 5.62. The van der Waals surface area contributed by atoms with Gasteiger partial charge in [0.2, 0.25) is 0 Å². The third-order valence-corrected chi connectivity index (χ3v) is 3.05. The zero-order valence-corrected chi connectivity index (χ0v) is 13.1. The van der Waals surface area contributed by atoms with Gasteiger partial charge in [0.1, 0.15) is 0 Å². The van der Waals surface area contributed by atoms with Crippen LogP contribution in [0.5, 0.6) is 0 Å². The van der Waals surface area contributed by atoms with Gasteiger partial charge < -0.3 is 10.1 Å². The van der Waals surface area contributed by atoms with Crippen molar-refractivity contribution in [2.24, 2.45) is 5.92 Å². The highest BCUT2D eigenvalue weighted by molar-refractivity contribution is 5.15. The number of rotatable bonds is 9. The molecule has 0 saturated carbocycles. The third kappa shape index (κ3) is 6.73. The van der Waals surface area contributed by atoms with Gasteiger partial charge in [-0.1, -0.05) is 27.7 Å². The Kier molecular flexibility index (Phi) is 7.10. The van der Waals surface area contributed by atoms with Crippen molar-refractivity contribution >= 4 is 0 Å². The Morgan fingerprint density at radius 3 is 2.63 bits per heavy atom. The molecule has 0 fully saturated rings. The molecule has 0 aliphatic rings. The molecule has 0 spiro atoms. The summed E-state index contributed by atoms with van der Waals surface area (Å²) in [6.07, 6.45) is 3.25. The van der Waals surface area contributed by atoms with E-state index in [0.29, 0.717) is 12.0 Å². The van der Waals surface area contributed by atoms with Crippen LogP contribution in [-0.4, -0.2) is 29.0 Å². The highest BCUT2D eigenvalue weighted by Gasteiger charge is 2.05. The zero-order chi connectivity index (χ0) is 14.3. The van der Waals surface area contributed by atoms with E-state index in [1.807, 2.05) is 4.68 Å². The summed E-state index contributed by atoms with van der Waals surface area (Å²) in [5.41, 5.74) is 2.38. The fraction of sp³-hybridized carbons (Fsp3) is 0.800. The molecule has 0 atom stereocenters. The van der Waals surface area contributed by atoms with Crippen LogP contribution in [0.15, 0.2) is 6.20 Å². The van der Waals surface area contributed by atoms with E-state index >= 15 is 0 Å². The van der Waals surface area contributed by atoms with Crippen LogP contribution in [0.3, 0.4) is 0 Å². The van der Waals surface area contributed by atoms with E-state index in [9.17, 15) is 0 Å². The number of aromatic nitrogens is 2. The summed E-state index contributed by atoms with van der Waals surface area (Å²) in [4.78, 5) is 0. The lowest BCUT2D eigenvalue weighted by atomic mass is 10.1. The van der Waals surface area contributed by atoms with Crippen molar-refractivity contribution in [1.29, 1.82) is 0 Å². The highest BCUT2D eigenvalue weighted by Crippen LogP contribution is 2.06. The van der Waals surface area contributed by atoms with Gasteiger partial charge in [-0.05, 0) is 19.3 Å². The summed E-state index contributed by atoms with van der Waals surface area (Å²) in [6, 6.07) is 0.502. The van der Waals surface area contributed by atoms with Crippen molar-refractivity contribution in [2.75, 3.05) is 13.2 Å². The molecule has 1 aromatic heterocycles. The molecule has 0 aromatic carbocycles. The first-order valence-electron chi connectivity index (χ1n) is 7.33. The Hall–Kier alpha value is -0.870. The Bertz CT molecular complexity index is 358. The number of hydrogen-bond donors (Lipinski definition) is 1. The van der Waals surface area contributed by atoms with E-state index in [4.69, 9.17) is 4.74 Å². The fourth-order valence-electron chi connectivity index (χ4n) is 1.74. The molecule has 0 aliphatic heterocycles. The minimum absolute atomic E-state index is 0.502.